The molecule has 2 aliphatic rings. The van der Waals surface area contributed by atoms with E-state index in [1.54, 1.807) is 36.1 Å². The van der Waals surface area contributed by atoms with Crippen LogP contribution in [0.4, 0.5) is 16.0 Å². The molecule has 2 aromatic heterocycles. The smallest absolute Gasteiger partial charge is 0.260 e. The minimum absolute atomic E-state index is 0.0673. The van der Waals surface area contributed by atoms with Crippen LogP contribution in [0, 0.1) is 5.82 Å². The van der Waals surface area contributed by atoms with Crippen LogP contribution in [0.1, 0.15) is 22.8 Å². The summed E-state index contributed by atoms with van der Waals surface area (Å²) in [6, 6.07) is 11.8. The fourth-order valence-corrected chi connectivity index (χ4v) is 4.52. The first-order valence-corrected chi connectivity index (χ1v) is 11.1. The number of fused-ring (bicyclic) bond motifs is 1. The number of hydrogen-bond acceptors (Lipinski definition) is 6. The van der Waals surface area contributed by atoms with E-state index in [2.05, 4.69) is 9.88 Å². The molecule has 0 unspecified atom stereocenters. The van der Waals surface area contributed by atoms with Crippen LogP contribution in [0.3, 0.4) is 0 Å². The molecule has 8 nitrogen and oxygen atoms in total. The summed E-state index contributed by atoms with van der Waals surface area (Å²) in [6.07, 6.45) is 1.51. The molecule has 0 N–H and O–H groups in total. The molecule has 3 aromatic rings. The Labute approximate surface area is 196 Å². The maximum atomic E-state index is 14.8. The molecule has 0 radical (unpaired) electrons. The van der Waals surface area contributed by atoms with Crippen molar-refractivity contribution in [3.8, 4) is 17.0 Å². The Balaban J connectivity index is 1.45. The van der Waals surface area contributed by atoms with Gasteiger partial charge in [-0.15, -0.1) is 0 Å². The van der Waals surface area contributed by atoms with Crippen LogP contribution in [-0.4, -0.2) is 60.0 Å². The average Bonchev–Trinajstić information content (AvgIpc) is 3.21. The maximum Gasteiger partial charge on any atom is 0.260 e. The number of aromatic nitrogens is 2. The number of piperazine rings is 1. The summed E-state index contributed by atoms with van der Waals surface area (Å²) in [6.45, 7) is 4.41. The van der Waals surface area contributed by atoms with E-state index in [4.69, 9.17) is 9.72 Å². The number of benzene rings is 1. The highest BCUT2D eigenvalue weighted by Crippen LogP contribution is 2.38. The molecule has 1 saturated heterocycles. The lowest BCUT2D eigenvalue weighted by Crippen LogP contribution is -2.48. The zero-order valence-corrected chi connectivity index (χ0v) is 19.0. The van der Waals surface area contributed by atoms with Crippen molar-refractivity contribution in [1.29, 1.82) is 0 Å². The molecular formula is C25H24FN5O3. The van der Waals surface area contributed by atoms with Crippen molar-refractivity contribution in [1.82, 2.24) is 14.9 Å². The van der Waals surface area contributed by atoms with Crippen molar-refractivity contribution in [2.75, 3.05) is 43.1 Å². The summed E-state index contributed by atoms with van der Waals surface area (Å²) >= 11 is 0. The number of carbonyl (C=O) groups is 2. The molecule has 2 amide bonds. The second-order valence-corrected chi connectivity index (χ2v) is 8.24. The quantitative estimate of drug-likeness (QED) is 0.594. The number of ether oxygens (including phenoxy) is 1. The molecule has 0 bridgehead atoms. The maximum absolute atomic E-state index is 14.8. The van der Waals surface area contributed by atoms with E-state index in [9.17, 15) is 14.0 Å². The van der Waals surface area contributed by atoms with Gasteiger partial charge in [-0.1, -0.05) is 12.1 Å². The number of rotatable bonds is 4. The standard InChI is InChI=1S/C25H24FN5O3/c1-16(32)29-11-13-30(14-12-29)21-7-4-8-22(28-21)31-15-18-17(25(31)33)9-10-27-24(18)23-19(26)5-3-6-20(23)34-2/h3-10H,11-15H2,1-2H3. The lowest BCUT2D eigenvalue weighted by molar-refractivity contribution is -0.129. The minimum Gasteiger partial charge on any atom is -0.496 e. The second kappa shape index (κ2) is 8.74. The summed E-state index contributed by atoms with van der Waals surface area (Å²) in [4.78, 5) is 39.6. The van der Waals surface area contributed by atoms with Gasteiger partial charge in [-0.2, -0.15) is 0 Å². The lowest BCUT2D eigenvalue weighted by Gasteiger charge is -2.35. The Hall–Kier alpha value is -4.01. The number of halogens is 1. The Bertz CT molecular complexity index is 1270. The van der Waals surface area contributed by atoms with Crippen molar-refractivity contribution in [3.63, 3.8) is 0 Å². The molecule has 0 spiro atoms. The number of hydrogen-bond donors (Lipinski definition) is 0. The lowest BCUT2D eigenvalue weighted by atomic mass is 10.0. The Morgan fingerprint density at radius 3 is 2.50 bits per heavy atom. The zero-order chi connectivity index (χ0) is 23.8. The third-order valence-electron chi connectivity index (χ3n) is 6.32. The van der Waals surface area contributed by atoms with Crippen LogP contribution >= 0.6 is 0 Å². The predicted molar refractivity (Wildman–Crippen MR) is 125 cm³/mol. The average molecular weight is 461 g/mol. The monoisotopic (exact) mass is 461 g/mol. The summed E-state index contributed by atoms with van der Waals surface area (Å²) in [5.74, 6) is 1.02. The third-order valence-corrected chi connectivity index (χ3v) is 6.32. The van der Waals surface area contributed by atoms with Crippen LogP contribution in [0.15, 0.2) is 48.7 Å². The molecule has 1 aromatic carbocycles. The van der Waals surface area contributed by atoms with Crippen LogP contribution in [-0.2, 0) is 11.3 Å². The van der Waals surface area contributed by atoms with Crippen molar-refractivity contribution in [2.24, 2.45) is 0 Å². The summed E-state index contributed by atoms with van der Waals surface area (Å²) in [7, 11) is 1.48. The van der Waals surface area contributed by atoms with E-state index in [1.165, 1.54) is 19.4 Å². The SMILES string of the molecule is COc1cccc(F)c1-c1nccc2c1CN(c1cccc(N3CCN(C(C)=O)CC3)n1)C2=O. The molecule has 4 heterocycles. The van der Waals surface area contributed by atoms with Gasteiger partial charge < -0.3 is 14.5 Å². The Morgan fingerprint density at radius 1 is 1.03 bits per heavy atom. The van der Waals surface area contributed by atoms with E-state index in [1.807, 2.05) is 17.0 Å². The van der Waals surface area contributed by atoms with Gasteiger partial charge in [0.05, 0.1) is 24.9 Å². The zero-order valence-electron chi connectivity index (χ0n) is 19.0. The van der Waals surface area contributed by atoms with Crippen LogP contribution in [0.25, 0.3) is 11.3 Å². The van der Waals surface area contributed by atoms with Crippen LogP contribution in [0.5, 0.6) is 5.75 Å². The van der Waals surface area contributed by atoms with Crippen molar-refractivity contribution >= 4 is 23.5 Å². The highest BCUT2D eigenvalue weighted by Gasteiger charge is 2.33. The van der Waals surface area contributed by atoms with Gasteiger partial charge in [-0.05, 0) is 30.3 Å². The van der Waals surface area contributed by atoms with E-state index in [-0.39, 0.29) is 23.9 Å². The second-order valence-electron chi connectivity index (χ2n) is 8.24. The highest BCUT2D eigenvalue weighted by atomic mass is 19.1. The van der Waals surface area contributed by atoms with Gasteiger partial charge in [-0.3, -0.25) is 19.5 Å². The van der Waals surface area contributed by atoms with Gasteiger partial charge in [0.25, 0.3) is 5.91 Å². The van der Waals surface area contributed by atoms with E-state index in [0.717, 1.165) is 5.82 Å². The number of anilines is 2. The summed E-state index contributed by atoms with van der Waals surface area (Å²) in [5.41, 5.74) is 1.73. The summed E-state index contributed by atoms with van der Waals surface area (Å²) < 4.78 is 20.1. The van der Waals surface area contributed by atoms with Gasteiger partial charge in [0.2, 0.25) is 5.91 Å². The Morgan fingerprint density at radius 2 is 1.76 bits per heavy atom. The molecule has 1 fully saturated rings. The van der Waals surface area contributed by atoms with Crippen LogP contribution < -0.4 is 14.5 Å². The molecule has 0 aliphatic carbocycles. The number of amides is 2. The van der Waals surface area contributed by atoms with Gasteiger partial charge in [0.1, 0.15) is 23.2 Å². The number of nitrogens with zero attached hydrogens (tertiary/aromatic N) is 5. The molecule has 34 heavy (non-hydrogen) atoms. The molecule has 5 rings (SSSR count). The van der Waals surface area contributed by atoms with Gasteiger partial charge in [0.15, 0.2) is 0 Å². The first-order chi connectivity index (χ1) is 16.5. The van der Waals surface area contributed by atoms with Gasteiger partial charge in [0, 0.05) is 50.4 Å². The van der Waals surface area contributed by atoms with Crippen LogP contribution in [0.2, 0.25) is 0 Å². The van der Waals surface area contributed by atoms with Gasteiger partial charge >= 0.3 is 0 Å². The van der Waals surface area contributed by atoms with Gasteiger partial charge in [-0.25, -0.2) is 9.37 Å². The molecule has 9 heteroatoms. The normalized spacial score (nSPS) is 15.5. The van der Waals surface area contributed by atoms with E-state index >= 15 is 0 Å². The van der Waals surface area contributed by atoms with Crippen molar-refractivity contribution < 1.29 is 18.7 Å². The predicted octanol–water partition coefficient (Wildman–Crippen LogP) is 3.12. The topological polar surface area (TPSA) is 78.9 Å². The Kier molecular flexibility index (Phi) is 5.61. The van der Waals surface area contributed by atoms with E-state index < -0.39 is 5.82 Å². The number of methoxy groups -OCH3 is 1. The fourth-order valence-electron chi connectivity index (χ4n) is 4.52. The molecule has 2 aliphatic heterocycles. The first-order valence-electron chi connectivity index (χ1n) is 11.1. The third kappa shape index (κ3) is 3.72. The fraction of sp³-hybridized carbons (Fsp3) is 0.280. The first kappa shape index (κ1) is 21.8. The number of carbonyl (C=O) groups excluding carboxylic acids is 2. The summed E-state index contributed by atoms with van der Waals surface area (Å²) in [5, 5.41) is 0. The highest BCUT2D eigenvalue weighted by molar-refractivity contribution is 6.10. The van der Waals surface area contributed by atoms with E-state index in [0.29, 0.717) is 54.6 Å². The molecule has 174 valence electrons. The molecule has 0 saturated carbocycles. The largest absolute Gasteiger partial charge is 0.496 e. The molecule has 0 atom stereocenters. The molecular weight excluding hydrogens is 437 g/mol. The minimum atomic E-state index is -0.462. The van der Waals surface area contributed by atoms with Crippen molar-refractivity contribution in [2.45, 2.75) is 13.5 Å². The number of pyridine rings is 2. The van der Waals surface area contributed by atoms with Crippen molar-refractivity contribution in [3.05, 3.63) is 65.6 Å².